The van der Waals surface area contributed by atoms with Crippen molar-refractivity contribution in [3.63, 3.8) is 0 Å². The fourth-order valence-electron chi connectivity index (χ4n) is 3.23. The first kappa shape index (κ1) is 29.7. The second kappa shape index (κ2) is 21.2. The summed E-state index contributed by atoms with van der Waals surface area (Å²) in [5.74, 6) is 0.231. The minimum atomic E-state index is 0. The first-order valence-corrected chi connectivity index (χ1v) is 11.7. The number of hydrogen-bond acceptors (Lipinski definition) is 1. The molecule has 1 amide bonds. The lowest BCUT2D eigenvalue weighted by Crippen LogP contribution is -3.00. The van der Waals surface area contributed by atoms with Crippen molar-refractivity contribution in [3.05, 3.63) is 12.2 Å². The first-order chi connectivity index (χ1) is 13.0. The molecular weight excluding hydrogens is 368 g/mol. The SMILES string of the molecule is CCCCCCCC/C=C/CCCCCCCC(=O)NCCC[N+](C)(C)C.[Cl-]. The van der Waals surface area contributed by atoms with Crippen LogP contribution in [-0.2, 0) is 4.79 Å². The van der Waals surface area contributed by atoms with E-state index >= 15 is 0 Å². The molecule has 0 unspecified atom stereocenters. The highest BCUT2D eigenvalue weighted by molar-refractivity contribution is 5.75. The van der Waals surface area contributed by atoms with Crippen LogP contribution in [0, 0.1) is 0 Å². The standard InChI is InChI=1S/C24H48N2O.ClH/c1-5-6-7-8-9-10-11-12-13-14-15-16-17-18-19-21-24(27)25-22-20-23-26(2,3)4;/h12-13H,5-11,14-23H2,1-4H3;1H/b13-12+;. The van der Waals surface area contributed by atoms with Crippen LogP contribution >= 0.6 is 0 Å². The Balaban J connectivity index is 0. The lowest BCUT2D eigenvalue weighted by atomic mass is 10.1. The Labute approximate surface area is 182 Å². The molecule has 0 saturated carbocycles. The molecule has 0 aromatic carbocycles. The van der Waals surface area contributed by atoms with Crippen LogP contribution in [0.2, 0.25) is 0 Å². The van der Waals surface area contributed by atoms with Crippen molar-refractivity contribution < 1.29 is 21.7 Å². The Morgan fingerprint density at radius 1 is 0.750 bits per heavy atom. The van der Waals surface area contributed by atoms with Crippen LogP contribution in [-0.4, -0.2) is 44.6 Å². The minimum Gasteiger partial charge on any atom is -1.00 e. The average molecular weight is 417 g/mol. The molecule has 0 saturated heterocycles. The number of quaternary nitrogens is 1. The number of nitrogens with one attached hydrogen (secondary N) is 1. The van der Waals surface area contributed by atoms with Gasteiger partial charge in [0, 0.05) is 19.4 Å². The van der Waals surface area contributed by atoms with Crippen LogP contribution in [0.3, 0.4) is 0 Å². The third-order valence-corrected chi connectivity index (χ3v) is 4.99. The maximum absolute atomic E-state index is 11.8. The van der Waals surface area contributed by atoms with Gasteiger partial charge in [-0.25, -0.2) is 0 Å². The van der Waals surface area contributed by atoms with Gasteiger partial charge in [0.2, 0.25) is 5.91 Å². The van der Waals surface area contributed by atoms with Gasteiger partial charge in [0.05, 0.1) is 27.7 Å². The highest BCUT2D eigenvalue weighted by atomic mass is 35.5. The maximum Gasteiger partial charge on any atom is 0.219 e. The van der Waals surface area contributed by atoms with E-state index in [0.717, 1.165) is 30.4 Å². The normalized spacial score (nSPS) is 11.6. The molecule has 0 heterocycles. The van der Waals surface area contributed by atoms with Crippen LogP contribution in [0.5, 0.6) is 0 Å². The molecule has 0 fully saturated rings. The van der Waals surface area contributed by atoms with E-state index in [2.05, 4.69) is 45.5 Å². The van der Waals surface area contributed by atoms with Crippen LogP contribution < -0.4 is 17.7 Å². The van der Waals surface area contributed by atoms with Crippen LogP contribution in [0.15, 0.2) is 12.2 Å². The topological polar surface area (TPSA) is 29.1 Å². The van der Waals surface area contributed by atoms with E-state index in [9.17, 15) is 4.79 Å². The summed E-state index contributed by atoms with van der Waals surface area (Å²) in [7, 11) is 6.56. The molecule has 4 heteroatoms. The van der Waals surface area contributed by atoms with Gasteiger partial charge in [-0.05, 0) is 32.1 Å². The largest absolute Gasteiger partial charge is 1.00 e. The van der Waals surface area contributed by atoms with Gasteiger partial charge >= 0.3 is 0 Å². The Hall–Kier alpha value is -0.540. The number of carbonyl (C=O) groups is 1. The quantitative estimate of drug-likeness (QED) is 0.195. The van der Waals surface area contributed by atoms with E-state index in [1.807, 2.05) is 0 Å². The molecule has 28 heavy (non-hydrogen) atoms. The molecule has 1 N–H and O–H groups in total. The van der Waals surface area contributed by atoms with Gasteiger partial charge in [-0.1, -0.05) is 70.4 Å². The number of rotatable bonds is 19. The summed E-state index contributed by atoms with van der Waals surface area (Å²) in [5, 5.41) is 3.05. The summed E-state index contributed by atoms with van der Waals surface area (Å²) in [6.45, 7) is 4.20. The molecule has 0 spiro atoms. The van der Waals surface area contributed by atoms with Crippen molar-refractivity contribution in [2.24, 2.45) is 0 Å². The van der Waals surface area contributed by atoms with Crippen molar-refractivity contribution in [2.45, 2.75) is 103 Å². The molecular formula is C24H49ClN2O. The van der Waals surface area contributed by atoms with Gasteiger partial charge in [-0.2, -0.15) is 0 Å². The monoisotopic (exact) mass is 416 g/mol. The predicted octanol–water partition coefficient (Wildman–Crippen LogP) is 3.24. The van der Waals surface area contributed by atoms with Gasteiger partial charge < -0.3 is 22.2 Å². The van der Waals surface area contributed by atoms with E-state index < -0.39 is 0 Å². The molecule has 0 bridgehead atoms. The summed E-state index contributed by atoms with van der Waals surface area (Å²) < 4.78 is 0.962. The summed E-state index contributed by atoms with van der Waals surface area (Å²) in [6.07, 6.45) is 23.4. The molecule has 0 atom stereocenters. The van der Waals surface area contributed by atoms with Crippen LogP contribution in [0.25, 0.3) is 0 Å². The third-order valence-electron chi connectivity index (χ3n) is 4.99. The number of unbranched alkanes of at least 4 members (excludes halogenated alkanes) is 11. The van der Waals surface area contributed by atoms with Crippen LogP contribution in [0.1, 0.15) is 103 Å². The van der Waals surface area contributed by atoms with Crippen LogP contribution in [0.4, 0.5) is 0 Å². The molecule has 0 aliphatic heterocycles. The van der Waals surface area contributed by atoms with E-state index in [0.29, 0.717) is 6.42 Å². The van der Waals surface area contributed by atoms with Gasteiger partial charge in [0.1, 0.15) is 0 Å². The summed E-state index contributed by atoms with van der Waals surface area (Å²) in [6, 6.07) is 0. The van der Waals surface area contributed by atoms with Gasteiger partial charge in [-0.3, -0.25) is 4.79 Å². The predicted molar refractivity (Wildman–Crippen MR) is 120 cm³/mol. The highest BCUT2D eigenvalue weighted by Crippen LogP contribution is 2.10. The van der Waals surface area contributed by atoms with E-state index in [4.69, 9.17) is 0 Å². The maximum atomic E-state index is 11.8. The number of nitrogens with zero attached hydrogens (tertiary/aromatic N) is 1. The molecule has 0 rings (SSSR count). The van der Waals surface area contributed by atoms with E-state index in [-0.39, 0.29) is 18.3 Å². The molecule has 0 aliphatic carbocycles. The average Bonchev–Trinajstić information content (AvgIpc) is 2.61. The Morgan fingerprint density at radius 2 is 1.25 bits per heavy atom. The number of halogens is 1. The minimum absolute atomic E-state index is 0. The molecule has 168 valence electrons. The number of carbonyl (C=O) groups excluding carboxylic acids is 1. The van der Waals surface area contributed by atoms with Crippen molar-refractivity contribution in [1.29, 1.82) is 0 Å². The number of hydrogen-bond donors (Lipinski definition) is 1. The molecule has 0 aromatic rings. The Kier molecular flexibility index (Phi) is 22.4. The van der Waals surface area contributed by atoms with Crippen molar-refractivity contribution >= 4 is 5.91 Å². The lowest BCUT2D eigenvalue weighted by molar-refractivity contribution is -0.870. The Morgan fingerprint density at radius 3 is 1.79 bits per heavy atom. The zero-order valence-corrected chi connectivity index (χ0v) is 20.2. The van der Waals surface area contributed by atoms with Crippen molar-refractivity contribution in [3.8, 4) is 0 Å². The zero-order valence-electron chi connectivity index (χ0n) is 19.4. The summed E-state index contributed by atoms with van der Waals surface area (Å²) in [4.78, 5) is 11.8. The van der Waals surface area contributed by atoms with Gasteiger partial charge in [0.15, 0.2) is 0 Å². The fourth-order valence-corrected chi connectivity index (χ4v) is 3.23. The summed E-state index contributed by atoms with van der Waals surface area (Å²) >= 11 is 0. The molecule has 0 aromatic heterocycles. The van der Waals surface area contributed by atoms with E-state index in [1.54, 1.807) is 0 Å². The number of allylic oxidation sites excluding steroid dienone is 2. The second-order valence-corrected chi connectivity index (χ2v) is 9.05. The third kappa shape index (κ3) is 25.5. The smallest absolute Gasteiger partial charge is 0.219 e. The fraction of sp³-hybridized carbons (Fsp3) is 0.875. The van der Waals surface area contributed by atoms with Crippen molar-refractivity contribution in [2.75, 3.05) is 34.2 Å². The van der Waals surface area contributed by atoms with Gasteiger partial charge in [-0.15, -0.1) is 0 Å². The molecule has 0 aliphatic rings. The molecule has 0 radical (unpaired) electrons. The molecule has 3 nitrogen and oxygen atoms in total. The number of amides is 1. The summed E-state index contributed by atoms with van der Waals surface area (Å²) in [5.41, 5.74) is 0. The Bertz CT molecular complexity index is 364. The van der Waals surface area contributed by atoms with Crippen molar-refractivity contribution in [1.82, 2.24) is 5.32 Å². The first-order valence-electron chi connectivity index (χ1n) is 11.7. The lowest BCUT2D eigenvalue weighted by Gasteiger charge is -2.23. The van der Waals surface area contributed by atoms with Gasteiger partial charge in [0.25, 0.3) is 0 Å². The highest BCUT2D eigenvalue weighted by Gasteiger charge is 2.06. The van der Waals surface area contributed by atoms with E-state index in [1.165, 1.54) is 77.0 Å². The second-order valence-electron chi connectivity index (χ2n) is 9.05. The zero-order chi connectivity index (χ0) is 20.2.